The van der Waals surface area contributed by atoms with Crippen LogP contribution in [0.1, 0.15) is 30.9 Å². The maximum atomic E-state index is 13.7. The molecule has 1 aliphatic rings. The SMILES string of the molecule is COC(=O)[C@@H]1C[C@@H](F)CC[C@H]1c1csc(-c2cncc(F)c2)n1. The molecule has 7 heteroatoms. The highest BCUT2D eigenvalue weighted by Gasteiger charge is 2.38. The molecule has 0 amide bonds. The van der Waals surface area contributed by atoms with Crippen molar-refractivity contribution < 1.29 is 18.3 Å². The number of alkyl halides is 1. The second kappa shape index (κ2) is 6.70. The van der Waals surface area contributed by atoms with Gasteiger partial charge in [-0.1, -0.05) is 0 Å². The molecule has 0 aliphatic heterocycles. The normalized spacial score (nSPS) is 24.4. The van der Waals surface area contributed by atoms with Crippen molar-refractivity contribution >= 4 is 17.3 Å². The van der Waals surface area contributed by atoms with E-state index in [1.165, 1.54) is 24.5 Å². The summed E-state index contributed by atoms with van der Waals surface area (Å²) in [6.45, 7) is 0. The van der Waals surface area contributed by atoms with Gasteiger partial charge in [0.1, 0.15) is 17.0 Å². The number of carbonyl (C=O) groups excluding carboxylic acids is 1. The molecule has 0 radical (unpaired) electrons. The van der Waals surface area contributed by atoms with E-state index in [4.69, 9.17) is 4.74 Å². The molecule has 0 unspecified atom stereocenters. The van der Waals surface area contributed by atoms with E-state index in [2.05, 4.69) is 9.97 Å². The molecule has 1 fully saturated rings. The number of thiazole rings is 1. The zero-order chi connectivity index (χ0) is 16.4. The van der Waals surface area contributed by atoms with E-state index in [1.54, 1.807) is 6.20 Å². The second-order valence-electron chi connectivity index (χ2n) is 5.62. The Balaban J connectivity index is 1.87. The Labute approximate surface area is 136 Å². The Morgan fingerprint density at radius 1 is 1.39 bits per heavy atom. The molecule has 2 aromatic heterocycles. The number of esters is 1. The van der Waals surface area contributed by atoms with Crippen molar-refractivity contribution in [1.82, 2.24) is 9.97 Å². The highest BCUT2D eigenvalue weighted by atomic mass is 32.1. The number of carbonyl (C=O) groups is 1. The molecular weight excluding hydrogens is 322 g/mol. The van der Waals surface area contributed by atoms with Gasteiger partial charge in [-0.2, -0.15) is 0 Å². The van der Waals surface area contributed by atoms with Gasteiger partial charge >= 0.3 is 5.97 Å². The van der Waals surface area contributed by atoms with E-state index in [9.17, 15) is 13.6 Å². The van der Waals surface area contributed by atoms with Crippen molar-refractivity contribution in [3.8, 4) is 10.6 Å². The van der Waals surface area contributed by atoms with Crippen molar-refractivity contribution in [2.45, 2.75) is 31.4 Å². The lowest BCUT2D eigenvalue weighted by Crippen LogP contribution is -2.31. The van der Waals surface area contributed by atoms with E-state index < -0.39 is 23.9 Å². The second-order valence-corrected chi connectivity index (χ2v) is 6.47. The first-order valence-electron chi connectivity index (χ1n) is 7.36. The molecule has 0 aromatic carbocycles. The fourth-order valence-electron chi connectivity index (χ4n) is 3.00. The van der Waals surface area contributed by atoms with E-state index in [-0.39, 0.29) is 12.3 Å². The number of methoxy groups -OCH3 is 1. The van der Waals surface area contributed by atoms with Crippen LogP contribution < -0.4 is 0 Å². The van der Waals surface area contributed by atoms with Crippen LogP contribution in [0.15, 0.2) is 23.8 Å². The number of halogens is 2. The Morgan fingerprint density at radius 3 is 2.96 bits per heavy atom. The number of rotatable bonds is 3. The first-order chi connectivity index (χ1) is 11.1. The standard InChI is InChI=1S/C16H16F2N2O2S/c1-22-16(21)13-5-10(17)2-3-12(13)14-8-23-15(20-14)9-4-11(18)7-19-6-9/h4,6-8,10,12-13H,2-3,5H2,1H3/t10-,12+,13+/m0/s1. The molecule has 3 atom stereocenters. The first-order valence-corrected chi connectivity index (χ1v) is 8.24. The summed E-state index contributed by atoms with van der Waals surface area (Å²) in [5.74, 6) is -1.52. The van der Waals surface area contributed by atoms with Gasteiger partial charge in [-0.05, 0) is 25.3 Å². The van der Waals surface area contributed by atoms with Gasteiger partial charge in [0.25, 0.3) is 0 Å². The number of hydrogen-bond donors (Lipinski definition) is 0. The summed E-state index contributed by atoms with van der Waals surface area (Å²) in [6.07, 6.45) is 2.81. The van der Waals surface area contributed by atoms with E-state index in [0.29, 0.717) is 23.4 Å². The minimum atomic E-state index is -0.985. The molecule has 3 rings (SSSR count). The van der Waals surface area contributed by atoms with Crippen LogP contribution in [-0.2, 0) is 9.53 Å². The number of nitrogens with zero attached hydrogens (tertiary/aromatic N) is 2. The van der Waals surface area contributed by atoms with Gasteiger partial charge in [0.2, 0.25) is 0 Å². The molecule has 1 aliphatic carbocycles. The lowest BCUT2D eigenvalue weighted by atomic mass is 9.77. The van der Waals surface area contributed by atoms with Gasteiger partial charge in [0.05, 0.1) is 24.9 Å². The predicted octanol–water partition coefficient (Wildman–Crippen LogP) is 3.74. The van der Waals surface area contributed by atoms with Crippen LogP contribution in [0.25, 0.3) is 10.6 Å². The van der Waals surface area contributed by atoms with Crippen LogP contribution in [-0.4, -0.2) is 29.2 Å². The molecule has 23 heavy (non-hydrogen) atoms. The average Bonchev–Trinajstić information content (AvgIpc) is 3.04. The Hall–Kier alpha value is -1.89. The molecule has 0 spiro atoms. The fourth-order valence-corrected chi connectivity index (χ4v) is 3.87. The minimum absolute atomic E-state index is 0.158. The van der Waals surface area contributed by atoms with Crippen LogP contribution in [0, 0.1) is 11.7 Å². The summed E-state index contributed by atoms with van der Waals surface area (Å²) in [4.78, 5) is 20.3. The minimum Gasteiger partial charge on any atom is -0.469 e. The molecule has 4 nitrogen and oxygen atoms in total. The van der Waals surface area contributed by atoms with Crippen LogP contribution in [0.4, 0.5) is 8.78 Å². The number of ether oxygens (including phenoxy) is 1. The van der Waals surface area contributed by atoms with E-state index >= 15 is 0 Å². The van der Waals surface area contributed by atoms with Gasteiger partial charge in [-0.25, -0.2) is 13.8 Å². The summed E-state index contributed by atoms with van der Waals surface area (Å²) in [5.41, 5.74) is 1.33. The Bertz CT molecular complexity index is 707. The summed E-state index contributed by atoms with van der Waals surface area (Å²) < 4.78 is 31.7. The van der Waals surface area contributed by atoms with Crippen LogP contribution in [0.2, 0.25) is 0 Å². The van der Waals surface area contributed by atoms with Gasteiger partial charge < -0.3 is 4.74 Å². The molecule has 0 saturated heterocycles. The lowest BCUT2D eigenvalue weighted by Gasteiger charge is -2.30. The first kappa shape index (κ1) is 16.0. The van der Waals surface area contributed by atoms with Gasteiger partial charge in [0.15, 0.2) is 0 Å². The van der Waals surface area contributed by atoms with Crippen LogP contribution in [0.3, 0.4) is 0 Å². The fraction of sp³-hybridized carbons (Fsp3) is 0.438. The molecule has 2 heterocycles. The summed E-state index contributed by atoms with van der Waals surface area (Å²) in [5, 5.41) is 2.48. The average molecular weight is 338 g/mol. The number of pyridine rings is 1. The third-order valence-corrected chi connectivity index (χ3v) is 5.05. The van der Waals surface area contributed by atoms with Crippen molar-refractivity contribution in [1.29, 1.82) is 0 Å². The topological polar surface area (TPSA) is 52.1 Å². The molecule has 0 N–H and O–H groups in total. The Kier molecular flexibility index (Phi) is 4.66. The molecule has 1 saturated carbocycles. The quantitative estimate of drug-likeness (QED) is 0.800. The van der Waals surface area contributed by atoms with Gasteiger partial charge in [-0.15, -0.1) is 11.3 Å². The molecule has 0 bridgehead atoms. The van der Waals surface area contributed by atoms with Crippen molar-refractivity contribution in [3.05, 3.63) is 35.4 Å². The van der Waals surface area contributed by atoms with Crippen LogP contribution >= 0.6 is 11.3 Å². The van der Waals surface area contributed by atoms with Crippen molar-refractivity contribution in [2.75, 3.05) is 7.11 Å². The smallest absolute Gasteiger partial charge is 0.309 e. The van der Waals surface area contributed by atoms with Gasteiger partial charge in [0, 0.05) is 23.1 Å². The molecule has 122 valence electrons. The largest absolute Gasteiger partial charge is 0.469 e. The monoisotopic (exact) mass is 338 g/mol. The zero-order valence-corrected chi connectivity index (χ0v) is 13.4. The van der Waals surface area contributed by atoms with E-state index in [1.807, 2.05) is 5.38 Å². The third kappa shape index (κ3) is 3.39. The van der Waals surface area contributed by atoms with Crippen molar-refractivity contribution in [3.63, 3.8) is 0 Å². The summed E-state index contributed by atoms with van der Waals surface area (Å²) in [7, 11) is 1.31. The van der Waals surface area contributed by atoms with Crippen molar-refractivity contribution in [2.24, 2.45) is 5.92 Å². The zero-order valence-electron chi connectivity index (χ0n) is 12.5. The maximum absolute atomic E-state index is 13.7. The maximum Gasteiger partial charge on any atom is 0.309 e. The third-order valence-electron chi connectivity index (χ3n) is 4.14. The number of hydrogen-bond acceptors (Lipinski definition) is 5. The van der Waals surface area contributed by atoms with E-state index in [0.717, 1.165) is 11.9 Å². The molecule has 2 aromatic rings. The Morgan fingerprint density at radius 2 is 2.22 bits per heavy atom. The highest BCUT2D eigenvalue weighted by molar-refractivity contribution is 7.13. The highest BCUT2D eigenvalue weighted by Crippen LogP contribution is 2.40. The predicted molar refractivity (Wildman–Crippen MR) is 82.3 cm³/mol. The van der Waals surface area contributed by atoms with Crippen LogP contribution in [0.5, 0.6) is 0 Å². The lowest BCUT2D eigenvalue weighted by molar-refractivity contribution is -0.148. The number of aromatic nitrogens is 2. The summed E-state index contributed by atoms with van der Waals surface area (Å²) >= 11 is 1.36. The summed E-state index contributed by atoms with van der Waals surface area (Å²) in [6, 6.07) is 1.37. The molecular formula is C16H16F2N2O2S. The van der Waals surface area contributed by atoms with Gasteiger partial charge in [-0.3, -0.25) is 9.78 Å².